The number of carboxylic acids is 1. The van der Waals surface area contributed by atoms with Crippen LogP contribution in [0.1, 0.15) is 16.1 Å². The van der Waals surface area contributed by atoms with Crippen molar-refractivity contribution in [1.82, 2.24) is 9.78 Å². The van der Waals surface area contributed by atoms with E-state index in [0.717, 1.165) is 4.90 Å². The molecular formula is C17H11N3O4S. The molecule has 4 rings (SSSR count). The van der Waals surface area contributed by atoms with Crippen molar-refractivity contribution in [3.05, 3.63) is 69.9 Å². The molecule has 1 N–H and O–H groups in total. The van der Waals surface area contributed by atoms with E-state index in [9.17, 15) is 20.0 Å². The first-order valence-corrected chi connectivity index (χ1v) is 8.37. The fraction of sp³-hybridized carbons (Fsp3) is 0.0588. The fourth-order valence-electron chi connectivity index (χ4n) is 2.88. The number of thioether (sulfide) groups is 1. The molecule has 8 heteroatoms. The molecule has 0 aliphatic carbocycles. The minimum Gasteiger partial charge on any atom is -0.476 e. The zero-order valence-electron chi connectivity index (χ0n) is 12.7. The molecule has 2 aromatic carbocycles. The number of rotatable bonds is 3. The number of para-hydroxylation sites is 1. The summed E-state index contributed by atoms with van der Waals surface area (Å²) in [5.74, 6) is -0.658. The van der Waals surface area contributed by atoms with Gasteiger partial charge in [-0.1, -0.05) is 18.2 Å². The van der Waals surface area contributed by atoms with Crippen LogP contribution in [0.25, 0.3) is 16.9 Å². The highest BCUT2D eigenvalue weighted by atomic mass is 32.2. The Morgan fingerprint density at radius 2 is 2.00 bits per heavy atom. The number of fused-ring (bicyclic) bond motifs is 3. The van der Waals surface area contributed by atoms with E-state index >= 15 is 0 Å². The summed E-state index contributed by atoms with van der Waals surface area (Å²) in [7, 11) is 0. The monoisotopic (exact) mass is 353 g/mol. The summed E-state index contributed by atoms with van der Waals surface area (Å²) >= 11 is 1.45. The number of nitro groups is 1. The van der Waals surface area contributed by atoms with Gasteiger partial charge in [-0.05, 0) is 18.2 Å². The second-order valence-electron chi connectivity index (χ2n) is 5.45. The Morgan fingerprint density at radius 1 is 1.24 bits per heavy atom. The van der Waals surface area contributed by atoms with Crippen molar-refractivity contribution in [3.63, 3.8) is 0 Å². The molecule has 25 heavy (non-hydrogen) atoms. The Bertz CT molecular complexity index is 1010. The first-order chi connectivity index (χ1) is 12.1. The lowest BCUT2D eigenvalue weighted by Crippen LogP contribution is -2.03. The Labute approximate surface area is 146 Å². The van der Waals surface area contributed by atoms with Gasteiger partial charge in [-0.25, -0.2) is 9.48 Å². The second kappa shape index (κ2) is 5.75. The van der Waals surface area contributed by atoms with Gasteiger partial charge in [0.25, 0.3) is 5.69 Å². The zero-order chi connectivity index (χ0) is 17.6. The SMILES string of the molecule is O=C(O)c1nn(-c2ccccc2)c2c1CSc1ccc([N+](=O)[O-])cc1-2. The van der Waals surface area contributed by atoms with E-state index in [1.54, 1.807) is 10.7 Å². The number of carboxylic acid groups (broad SMARTS) is 1. The highest BCUT2D eigenvalue weighted by Crippen LogP contribution is 2.44. The largest absolute Gasteiger partial charge is 0.476 e. The van der Waals surface area contributed by atoms with E-state index in [1.165, 1.54) is 23.9 Å². The van der Waals surface area contributed by atoms with Crippen molar-refractivity contribution in [2.24, 2.45) is 0 Å². The number of non-ortho nitro benzene ring substituents is 1. The van der Waals surface area contributed by atoms with Gasteiger partial charge in [0.05, 0.1) is 16.3 Å². The lowest BCUT2D eigenvalue weighted by molar-refractivity contribution is -0.384. The van der Waals surface area contributed by atoms with Crippen LogP contribution in [0.3, 0.4) is 0 Å². The molecule has 0 bridgehead atoms. The summed E-state index contributed by atoms with van der Waals surface area (Å²) in [6, 6.07) is 13.8. The highest BCUT2D eigenvalue weighted by Gasteiger charge is 2.30. The van der Waals surface area contributed by atoms with Crippen molar-refractivity contribution in [2.45, 2.75) is 10.6 Å². The summed E-state index contributed by atoms with van der Waals surface area (Å²) < 4.78 is 1.56. The van der Waals surface area contributed by atoms with Crippen molar-refractivity contribution in [3.8, 4) is 16.9 Å². The molecule has 1 aromatic heterocycles. The van der Waals surface area contributed by atoms with E-state index < -0.39 is 10.9 Å². The third-order valence-corrected chi connectivity index (χ3v) is 5.09. The molecular weight excluding hydrogens is 342 g/mol. The molecule has 0 spiro atoms. The van der Waals surface area contributed by atoms with E-state index in [2.05, 4.69) is 5.10 Å². The summed E-state index contributed by atoms with van der Waals surface area (Å²) in [5.41, 5.74) is 2.45. The molecule has 1 aliphatic heterocycles. The predicted octanol–water partition coefficient (Wildman–Crippen LogP) is 3.75. The number of aromatic nitrogens is 2. The number of nitrogens with zero attached hydrogens (tertiary/aromatic N) is 3. The van der Waals surface area contributed by atoms with Gasteiger partial charge in [-0.2, -0.15) is 5.10 Å². The maximum atomic E-state index is 11.6. The number of hydrogen-bond acceptors (Lipinski definition) is 5. The summed E-state index contributed by atoms with van der Waals surface area (Å²) in [5, 5.41) is 24.9. The first kappa shape index (κ1) is 15.4. The number of benzene rings is 2. The molecule has 1 aliphatic rings. The van der Waals surface area contributed by atoms with Crippen LogP contribution in [-0.2, 0) is 5.75 Å². The van der Waals surface area contributed by atoms with Crippen molar-refractivity contribution in [2.75, 3.05) is 0 Å². The first-order valence-electron chi connectivity index (χ1n) is 7.38. The van der Waals surface area contributed by atoms with Crippen LogP contribution < -0.4 is 0 Å². The lowest BCUT2D eigenvalue weighted by Gasteiger charge is -2.18. The second-order valence-corrected chi connectivity index (χ2v) is 6.47. The normalized spacial score (nSPS) is 12.3. The van der Waals surface area contributed by atoms with Crippen LogP contribution in [0.5, 0.6) is 0 Å². The Balaban J connectivity index is 2.03. The maximum absolute atomic E-state index is 11.6. The quantitative estimate of drug-likeness (QED) is 0.569. The smallest absolute Gasteiger partial charge is 0.356 e. The molecule has 0 fully saturated rings. The lowest BCUT2D eigenvalue weighted by atomic mass is 10.0. The van der Waals surface area contributed by atoms with Gasteiger partial charge in [0.1, 0.15) is 0 Å². The van der Waals surface area contributed by atoms with Gasteiger partial charge in [-0.15, -0.1) is 11.8 Å². The van der Waals surface area contributed by atoms with Crippen LogP contribution in [0.4, 0.5) is 5.69 Å². The Hall–Kier alpha value is -3.13. The molecule has 0 saturated carbocycles. The molecule has 0 amide bonds. The molecule has 0 radical (unpaired) electrons. The standard InChI is InChI=1S/C17H11N3O4S/c21-17(22)15-13-9-25-14-7-6-11(20(23)24)8-12(14)16(13)19(18-15)10-4-2-1-3-5-10/h1-8H,9H2,(H,21,22). The van der Waals surface area contributed by atoms with Gasteiger partial charge in [0, 0.05) is 33.9 Å². The zero-order valence-corrected chi connectivity index (χ0v) is 13.6. The average Bonchev–Trinajstić information content (AvgIpc) is 3.02. The molecule has 3 aromatic rings. The van der Waals surface area contributed by atoms with Gasteiger partial charge < -0.3 is 5.11 Å². The van der Waals surface area contributed by atoms with Crippen LogP contribution in [-0.4, -0.2) is 25.8 Å². The van der Waals surface area contributed by atoms with Crippen LogP contribution in [0, 0.1) is 10.1 Å². The number of carbonyl (C=O) groups is 1. The summed E-state index contributed by atoms with van der Waals surface area (Å²) in [6.07, 6.45) is 0. The van der Waals surface area contributed by atoms with Gasteiger partial charge in [0.2, 0.25) is 0 Å². The molecule has 7 nitrogen and oxygen atoms in total. The van der Waals surface area contributed by atoms with Crippen LogP contribution in [0.2, 0.25) is 0 Å². The fourth-order valence-corrected chi connectivity index (χ4v) is 3.93. The minimum absolute atomic E-state index is 0.0245. The van der Waals surface area contributed by atoms with Gasteiger partial charge in [-0.3, -0.25) is 10.1 Å². The van der Waals surface area contributed by atoms with E-state index in [0.29, 0.717) is 28.3 Å². The number of hydrogen-bond donors (Lipinski definition) is 1. The minimum atomic E-state index is -1.11. The number of aromatic carboxylic acids is 1. The maximum Gasteiger partial charge on any atom is 0.356 e. The topological polar surface area (TPSA) is 98.3 Å². The molecule has 0 unspecified atom stereocenters. The van der Waals surface area contributed by atoms with Crippen molar-refractivity contribution < 1.29 is 14.8 Å². The molecule has 0 saturated heterocycles. The van der Waals surface area contributed by atoms with E-state index in [1.807, 2.05) is 30.3 Å². The van der Waals surface area contributed by atoms with Crippen LogP contribution in [0.15, 0.2) is 53.4 Å². The van der Waals surface area contributed by atoms with E-state index in [4.69, 9.17) is 0 Å². The predicted molar refractivity (Wildman–Crippen MR) is 92.2 cm³/mol. The average molecular weight is 353 g/mol. The number of nitro benzene ring substituents is 1. The molecule has 124 valence electrons. The van der Waals surface area contributed by atoms with Crippen molar-refractivity contribution in [1.29, 1.82) is 0 Å². The third kappa shape index (κ3) is 2.47. The Morgan fingerprint density at radius 3 is 2.68 bits per heavy atom. The highest BCUT2D eigenvalue weighted by molar-refractivity contribution is 7.98. The van der Waals surface area contributed by atoms with Crippen molar-refractivity contribution >= 4 is 23.4 Å². The Kier molecular flexibility index (Phi) is 3.54. The van der Waals surface area contributed by atoms with Gasteiger partial charge in [0.15, 0.2) is 5.69 Å². The molecule has 2 heterocycles. The molecule has 0 atom stereocenters. The summed E-state index contributed by atoms with van der Waals surface area (Å²) in [4.78, 5) is 23.2. The van der Waals surface area contributed by atoms with E-state index in [-0.39, 0.29) is 11.4 Å². The van der Waals surface area contributed by atoms with Gasteiger partial charge >= 0.3 is 5.97 Å². The third-order valence-electron chi connectivity index (χ3n) is 3.99. The van der Waals surface area contributed by atoms with Crippen LogP contribution >= 0.6 is 11.8 Å². The summed E-state index contributed by atoms with van der Waals surface area (Å²) in [6.45, 7) is 0.